The molecule has 0 aliphatic heterocycles. The van der Waals surface area contributed by atoms with Crippen LogP contribution in [0.3, 0.4) is 0 Å². The predicted octanol–water partition coefficient (Wildman–Crippen LogP) is 1.47. The Bertz CT molecular complexity index is 632. The van der Waals surface area contributed by atoms with Crippen LogP contribution in [0.5, 0.6) is 0 Å². The summed E-state index contributed by atoms with van der Waals surface area (Å²) in [7, 11) is 0. The summed E-state index contributed by atoms with van der Waals surface area (Å²) >= 11 is 0. The van der Waals surface area contributed by atoms with Crippen LogP contribution in [-0.4, -0.2) is 16.1 Å². The second-order valence-electron chi connectivity index (χ2n) is 3.74. The van der Waals surface area contributed by atoms with Gasteiger partial charge in [0.2, 0.25) is 0 Å². The summed E-state index contributed by atoms with van der Waals surface area (Å²) < 4.78 is 13.4. The van der Waals surface area contributed by atoms with E-state index >= 15 is 0 Å². The molecule has 0 fully saturated rings. The van der Waals surface area contributed by atoms with Crippen molar-refractivity contribution in [3.8, 4) is 0 Å². The van der Waals surface area contributed by atoms with Crippen molar-refractivity contribution >= 4 is 11.6 Å². The second-order valence-corrected chi connectivity index (χ2v) is 3.74. The first-order valence-corrected chi connectivity index (χ1v) is 5.19. The molecule has 1 aromatic heterocycles. The van der Waals surface area contributed by atoms with Gasteiger partial charge >= 0.3 is 0 Å². The van der Waals surface area contributed by atoms with Crippen molar-refractivity contribution in [1.29, 1.82) is 0 Å². The molecule has 18 heavy (non-hydrogen) atoms. The third kappa shape index (κ3) is 2.60. The monoisotopic (exact) mass is 247 g/mol. The maximum atomic E-state index is 13.4. The molecular formula is C12H10FN3O2. The lowest BCUT2D eigenvalue weighted by atomic mass is 10.2. The third-order valence-corrected chi connectivity index (χ3v) is 2.28. The van der Waals surface area contributed by atoms with E-state index in [0.717, 1.165) is 5.56 Å². The topological polar surface area (TPSA) is 74.8 Å². The molecule has 1 amide bonds. The molecule has 0 radical (unpaired) electrons. The Labute approximate surface area is 102 Å². The van der Waals surface area contributed by atoms with Crippen LogP contribution in [0.2, 0.25) is 0 Å². The molecule has 0 atom stereocenters. The molecule has 2 rings (SSSR count). The number of hydrogen-bond donors (Lipinski definition) is 2. The van der Waals surface area contributed by atoms with E-state index in [1.165, 1.54) is 24.3 Å². The summed E-state index contributed by atoms with van der Waals surface area (Å²) in [5, 5.41) is 8.08. The molecule has 0 unspecified atom stereocenters. The van der Waals surface area contributed by atoms with E-state index in [1.54, 1.807) is 13.0 Å². The van der Waals surface area contributed by atoms with Gasteiger partial charge in [-0.3, -0.25) is 9.59 Å². The highest BCUT2D eigenvalue weighted by Crippen LogP contribution is 2.16. The van der Waals surface area contributed by atoms with E-state index in [9.17, 15) is 14.0 Å². The van der Waals surface area contributed by atoms with Gasteiger partial charge in [0, 0.05) is 6.07 Å². The molecular weight excluding hydrogens is 237 g/mol. The smallest absolute Gasteiger partial charge is 0.276 e. The van der Waals surface area contributed by atoms with Gasteiger partial charge < -0.3 is 5.32 Å². The minimum Gasteiger partial charge on any atom is -0.318 e. The van der Waals surface area contributed by atoms with E-state index in [4.69, 9.17) is 0 Å². The van der Waals surface area contributed by atoms with Crippen LogP contribution in [0.4, 0.5) is 10.1 Å². The molecule has 1 aromatic carbocycles. The van der Waals surface area contributed by atoms with Crippen LogP contribution in [-0.2, 0) is 0 Å². The number of anilines is 1. The summed E-state index contributed by atoms with van der Waals surface area (Å²) in [6.45, 7) is 1.79. The number of aromatic nitrogens is 2. The normalized spacial score (nSPS) is 10.1. The van der Waals surface area contributed by atoms with E-state index in [0.29, 0.717) is 0 Å². The van der Waals surface area contributed by atoms with Gasteiger partial charge in [0.15, 0.2) is 0 Å². The summed E-state index contributed by atoms with van der Waals surface area (Å²) in [4.78, 5) is 22.5. The van der Waals surface area contributed by atoms with Crippen molar-refractivity contribution in [3.05, 3.63) is 57.8 Å². The van der Waals surface area contributed by atoms with Crippen molar-refractivity contribution in [3.63, 3.8) is 0 Å². The fraction of sp³-hybridized carbons (Fsp3) is 0.0833. The van der Waals surface area contributed by atoms with Gasteiger partial charge in [-0.1, -0.05) is 6.07 Å². The van der Waals surface area contributed by atoms with Gasteiger partial charge in [0.1, 0.15) is 11.5 Å². The van der Waals surface area contributed by atoms with E-state index in [-0.39, 0.29) is 11.4 Å². The molecule has 1 heterocycles. The molecule has 0 aliphatic carbocycles. The Balaban J connectivity index is 2.23. The van der Waals surface area contributed by atoms with Crippen LogP contribution in [0.1, 0.15) is 16.1 Å². The van der Waals surface area contributed by atoms with Gasteiger partial charge in [-0.2, -0.15) is 5.10 Å². The number of halogens is 1. The number of amides is 1. The fourth-order valence-electron chi connectivity index (χ4n) is 1.39. The first-order valence-electron chi connectivity index (χ1n) is 5.19. The number of carbonyl (C=O) groups excluding carboxylic acids is 1. The number of nitrogens with zero attached hydrogens (tertiary/aromatic N) is 1. The first-order chi connectivity index (χ1) is 8.56. The van der Waals surface area contributed by atoms with E-state index in [2.05, 4.69) is 15.5 Å². The Kier molecular flexibility index (Phi) is 3.18. The van der Waals surface area contributed by atoms with E-state index < -0.39 is 17.3 Å². The number of H-pyrrole nitrogens is 1. The number of rotatable bonds is 2. The first kappa shape index (κ1) is 12.0. The average molecular weight is 247 g/mol. The number of aryl methyl sites for hydroxylation is 1. The van der Waals surface area contributed by atoms with Crippen LogP contribution in [0.15, 0.2) is 35.1 Å². The number of aromatic amines is 1. The highest BCUT2D eigenvalue weighted by atomic mass is 19.1. The largest absolute Gasteiger partial charge is 0.318 e. The molecule has 2 aromatic rings. The van der Waals surface area contributed by atoms with Crippen LogP contribution < -0.4 is 10.9 Å². The highest BCUT2D eigenvalue weighted by molar-refractivity contribution is 6.02. The van der Waals surface area contributed by atoms with Crippen LogP contribution >= 0.6 is 0 Å². The molecule has 5 nitrogen and oxygen atoms in total. The average Bonchev–Trinajstić information content (AvgIpc) is 2.34. The van der Waals surface area contributed by atoms with Crippen molar-refractivity contribution in [1.82, 2.24) is 10.2 Å². The molecule has 2 N–H and O–H groups in total. The van der Waals surface area contributed by atoms with Crippen molar-refractivity contribution in [2.45, 2.75) is 6.92 Å². The van der Waals surface area contributed by atoms with Gasteiger partial charge in [-0.15, -0.1) is 0 Å². The number of nitrogens with one attached hydrogen (secondary N) is 2. The van der Waals surface area contributed by atoms with E-state index in [1.807, 2.05) is 0 Å². The Morgan fingerprint density at radius 1 is 1.33 bits per heavy atom. The van der Waals surface area contributed by atoms with Gasteiger partial charge in [-0.05, 0) is 30.7 Å². The Hall–Kier alpha value is -2.50. The van der Waals surface area contributed by atoms with Gasteiger partial charge in [-0.25, -0.2) is 9.49 Å². The fourth-order valence-corrected chi connectivity index (χ4v) is 1.39. The molecule has 0 saturated carbocycles. The summed E-state index contributed by atoms with van der Waals surface area (Å²) in [6, 6.07) is 6.82. The van der Waals surface area contributed by atoms with Gasteiger partial charge in [0.05, 0.1) is 5.69 Å². The standard InChI is InChI=1S/C12H10FN3O2/c1-7-2-3-8(13)10(6-7)14-12(18)9-4-5-11(17)16-15-9/h2-6H,1H3,(H,14,18)(H,16,17). The zero-order valence-corrected chi connectivity index (χ0v) is 9.53. The summed E-state index contributed by atoms with van der Waals surface area (Å²) in [6.07, 6.45) is 0. The quantitative estimate of drug-likeness (QED) is 0.843. The number of hydrogen-bond acceptors (Lipinski definition) is 3. The number of benzene rings is 1. The zero-order valence-electron chi connectivity index (χ0n) is 9.53. The highest BCUT2D eigenvalue weighted by Gasteiger charge is 2.10. The second kappa shape index (κ2) is 4.79. The SMILES string of the molecule is Cc1ccc(F)c(NC(=O)c2ccc(=O)[nH]n2)c1. The molecule has 0 spiro atoms. The minimum absolute atomic E-state index is 0.00973. The van der Waals surface area contributed by atoms with Crippen molar-refractivity contribution in [2.75, 3.05) is 5.32 Å². The lowest BCUT2D eigenvalue weighted by Gasteiger charge is -2.06. The maximum Gasteiger partial charge on any atom is 0.276 e. The van der Waals surface area contributed by atoms with Crippen LogP contribution in [0.25, 0.3) is 0 Å². The molecule has 0 aliphatic rings. The summed E-state index contributed by atoms with van der Waals surface area (Å²) in [5.41, 5.74) is 0.498. The Morgan fingerprint density at radius 2 is 2.11 bits per heavy atom. The lowest BCUT2D eigenvalue weighted by molar-refractivity contribution is 0.102. The molecule has 0 bridgehead atoms. The zero-order chi connectivity index (χ0) is 13.1. The van der Waals surface area contributed by atoms with Crippen LogP contribution in [0, 0.1) is 12.7 Å². The van der Waals surface area contributed by atoms with Crippen molar-refractivity contribution in [2.24, 2.45) is 0 Å². The van der Waals surface area contributed by atoms with Crippen molar-refractivity contribution < 1.29 is 9.18 Å². The Morgan fingerprint density at radius 3 is 2.78 bits per heavy atom. The lowest BCUT2D eigenvalue weighted by Crippen LogP contribution is -2.18. The minimum atomic E-state index is -0.587. The molecule has 0 saturated heterocycles. The summed E-state index contributed by atoms with van der Waals surface area (Å²) in [5.74, 6) is -1.12. The predicted molar refractivity (Wildman–Crippen MR) is 63.9 cm³/mol. The maximum absolute atomic E-state index is 13.4. The number of carbonyl (C=O) groups is 1. The van der Waals surface area contributed by atoms with Gasteiger partial charge in [0.25, 0.3) is 11.5 Å². The molecule has 6 heteroatoms. The third-order valence-electron chi connectivity index (χ3n) is 2.28. The molecule has 92 valence electrons.